The fourth-order valence-corrected chi connectivity index (χ4v) is 2.74. The lowest BCUT2D eigenvalue weighted by molar-refractivity contribution is -0.136. The van der Waals surface area contributed by atoms with Gasteiger partial charge < -0.3 is 14.9 Å². The summed E-state index contributed by atoms with van der Waals surface area (Å²) in [5, 5.41) is 10.2. The second kappa shape index (κ2) is 8.71. The number of β-amino-alcohol motifs (C(OH)–C–C–N with tert-alkyl or cyclic N) is 1. The first-order valence-corrected chi connectivity index (χ1v) is 8.19. The Hall–Kier alpha value is -0.650. The molecule has 1 heterocycles. The molecule has 1 rings (SSSR count). The van der Waals surface area contributed by atoms with Crippen molar-refractivity contribution in [3.05, 3.63) is 0 Å². The molecule has 5 heteroatoms. The normalized spacial score (nSPS) is 21.8. The summed E-state index contributed by atoms with van der Waals surface area (Å²) in [6.45, 7) is 11.4. The number of amides is 1. The largest absolute Gasteiger partial charge is 0.390 e. The number of hydrogen-bond donors (Lipinski definition) is 1. The van der Waals surface area contributed by atoms with Crippen LogP contribution in [0.15, 0.2) is 0 Å². The summed E-state index contributed by atoms with van der Waals surface area (Å²) in [6, 6.07) is 0. The Morgan fingerprint density at radius 3 is 2.33 bits per heavy atom. The minimum Gasteiger partial charge on any atom is -0.390 e. The van der Waals surface area contributed by atoms with Crippen molar-refractivity contribution in [1.82, 2.24) is 14.7 Å². The fourth-order valence-electron chi connectivity index (χ4n) is 2.74. The van der Waals surface area contributed by atoms with Crippen molar-refractivity contribution >= 4 is 5.91 Å². The lowest BCUT2D eigenvalue weighted by atomic mass is 9.92. The van der Waals surface area contributed by atoms with E-state index in [0.29, 0.717) is 19.0 Å². The molecule has 0 saturated carbocycles. The van der Waals surface area contributed by atoms with Crippen molar-refractivity contribution in [3.63, 3.8) is 0 Å². The second-order valence-electron chi connectivity index (χ2n) is 6.65. The maximum absolute atomic E-state index is 12.3. The molecule has 1 saturated heterocycles. The van der Waals surface area contributed by atoms with E-state index in [4.69, 9.17) is 0 Å². The van der Waals surface area contributed by atoms with Crippen molar-refractivity contribution in [2.75, 3.05) is 53.4 Å². The van der Waals surface area contributed by atoms with Gasteiger partial charge in [0.1, 0.15) is 0 Å². The number of carbonyl (C=O) groups excluding carboxylic acids is 1. The van der Waals surface area contributed by atoms with Crippen LogP contribution in [0.2, 0.25) is 0 Å². The Morgan fingerprint density at radius 2 is 1.81 bits per heavy atom. The van der Waals surface area contributed by atoms with Crippen molar-refractivity contribution in [2.24, 2.45) is 11.8 Å². The summed E-state index contributed by atoms with van der Waals surface area (Å²) in [6.07, 6.45) is 0.538. The van der Waals surface area contributed by atoms with E-state index in [-0.39, 0.29) is 11.8 Å². The molecule has 1 aliphatic rings. The fraction of sp³-hybridized carbons (Fsp3) is 0.938. The van der Waals surface area contributed by atoms with E-state index in [9.17, 15) is 9.90 Å². The first-order valence-electron chi connectivity index (χ1n) is 8.19. The first kappa shape index (κ1) is 18.4. The van der Waals surface area contributed by atoms with Gasteiger partial charge in [-0.2, -0.15) is 0 Å². The quantitative estimate of drug-likeness (QED) is 0.753. The molecule has 124 valence electrons. The molecule has 0 bridgehead atoms. The molecule has 5 nitrogen and oxygen atoms in total. The minimum absolute atomic E-state index is 0.0239. The highest BCUT2D eigenvalue weighted by molar-refractivity contribution is 5.78. The highest BCUT2D eigenvalue weighted by Crippen LogP contribution is 2.16. The molecule has 3 unspecified atom stereocenters. The predicted octanol–water partition coefficient (Wildman–Crippen LogP) is 0.735. The second-order valence-corrected chi connectivity index (χ2v) is 6.65. The van der Waals surface area contributed by atoms with Crippen molar-refractivity contribution < 1.29 is 9.90 Å². The molecular formula is C16H33N3O2. The number of aliphatic hydroxyl groups excluding tert-OH is 1. The molecule has 0 aromatic rings. The molecule has 1 aliphatic heterocycles. The monoisotopic (exact) mass is 299 g/mol. The van der Waals surface area contributed by atoms with Crippen LogP contribution in [0.1, 0.15) is 27.2 Å². The summed E-state index contributed by atoms with van der Waals surface area (Å²) in [5.74, 6) is 0.548. The first-order chi connectivity index (χ1) is 9.85. The molecule has 3 atom stereocenters. The lowest BCUT2D eigenvalue weighted by Gasteiger charge is -2.34. The lowest BCUT2D eigenvalue weighted by Crippen LogP contribution is -2.49. The molecule has 0 aliphatic carbocycles. The van der Waals surface area contributed by atoms with Gasteiger partial charge in [0.15, 0.2) is 0 Å². The predicted molar refractivity (Wildman–Crippen MR) is 86.2 cm³/mol. The molecule has 0 aromatic heterocycles. The zero-order valence-corrected chi connectivity index (χ0v) is 14.4. The van der Waals surface area contributed by atoms with Crippen LogP contribution in [0.5, 0.6) is 0 Å². The number of aliphatic hydroxyl groups is 1. The summed E-state index contributed by atoms with van der Waals surface area (Å²) >= 11 is 0. The van der Waals surface area contributed by atoms with Gasteiger partial charge in [-0.15, -0.1) is 0 Å². The van der Waals surface area contributed by atoms with E-state index in [1.165, 1.54) is 0 Å². The Labute approximate surface area is 129 Å². The van der Waals surface area contributed by atoms with E-state index >= 15 is 0 Å². The van der Waals surface area contributed by atoms with Gasteiger partial charge in [-0.05, 0) is 13.0 Å². The molecule has 0 radical (unpaired) electrons. The van der Waals surface area contributed by atoms with Crippen LogP contribution in [0, 0.1) is 11.8 Å². The zero-order chi connectivity index (χ0) is 16.0. The maximum Gasteiger partial charge on any atom is 0.225 e. The van der Waals surface area contributed by atoms with Gasteiger partial charge >= 0.3 is 0 Å². The van der Waals surface area contributed by atoms with Crippen LogP contribution >= 0.6 is 0 Å². The van der Waals surface area contributed by atoms with Crippen LogP contribution in [0.25, 0.3) is 0 Å². The average Bonchev–Trinajstić information content (AvgIpc) is 2.47. The Bertz CT molecular complexity index is 317. The molecule has 1 fully saturated rings. The third kappa shape index (κ3) is 5.93. The van der Waals surface area contributed by atoms with Crippen LogP contribution in [-0.2, 0) is 4.79 Å². The van der Waals surface area contributed by atoms with Crippen molar-refractivity contribution in [1.29, 1.82) is 0 Å². The summed E-state index contributed by atoms with van der Waals surface area (Å²) in [5.41, 5.74) is 0. The van der Waals surface area contributed by atoms with Gasteiger partial charge in [0.25, 0.3) is 0 Å². The van der Waals surface area contributed by atoms with Gasteiger partial charge in [0.05, 0.1) is 6.10 Å². The maximum atomic E-state index is 12.3. The third-order valence-electron chi connectivity index (χ3n) is 4.81. The van der Waals surface area contributed by atoms with E-state index in [0.717, 1.165) is 32.6 Å². The van der Waals surface area contributed by atoms with E-state index in [2.05, 4.69) is 30.7 Å². The van der Waals surface area contributed by atoms with Gasteiger partial charge in [-0.3, -0.25) is 9.69 Å². The van der Waals surface area contributed by atoms with Crippen LogP contribution in [0.4, 0.5) is 0 Å². The SMILES string of the molecule is CCC(C)C(C)C(=O)N(C)CC(O)CN1CCN(C)CC1. The van der Waals surface area contributed by atoms with Gasteiger partial charge in [0.2, 0.25) is 5.91 Å². The van der Waals surface area contributed by atoms with Gasteiger partial charge in [0, 0.05) is 52.2 Å². The summed E-state index contributed by atoms with van der Waals surface area (Å²) in [4.78, 5) is 18.6. The third-order valence-corrected chi connectivity index (χ3v) is 4.81. The van der Waals surface area contributed by atoms with Gasteiger partial charge in [-0.1, -0.05) is 27.2 Å². The van der Waals surface area contributed by atoms with E-state index in [1.54, 1.807) is 11.9 Å². The number of likely N-dealkylation sites (N-methyl/N-ethyl adjacent to an activating group) is 2. The minimum atomic E-state index is -0.466. The van der Waals surface area contributed by atoms with Crippen LogP contribution < -0.4 is 0 Å². The summed E-state index contributed by atoms with van der Waals surface area (Å²) < 4.78 is 0. The number of hydrogen-bond acceptors (Lipinski definition) is 4. The van der Waals surface area contributed by atoms with Crippen LogP contribution in [-0.4, -0.2) is 85.2 Å². The number of carbonyl (C=O) groups is 1. The van der Waals surface area contributed by atoms with Crippen molar-refractivity contribution in [2.45, 2.75) is 33.3 Å². The van der Waals surface area contributed by atoms with E-state index in [1.807, 2.05) is 6.92 Å². The standard InChI is InChI=1S/C16H33N3O2/c1-6-13(2)14(3)16(21)18(5)11-15(20)12-19-9-7-17(4)8-10-19/h13-15,20H,6-12H2,1-5H3. The van der Waals surface area contributed by atoms with Crippen LogP contribution in [0.3, 0.4) is 0 Å². The molecule has 1 amide bonds. The molecule has 1 N–H and O–H groups in total. The Kier molecular flexibility index (Phi) is 7.63. The zero-order valence-electron chi connectivity index (χ0n) is 14.4. The van der Waals surface area contributed by atoms with Gasteiger partial charge in [-0.25, -0.2) is 0 Å². The topological polar surface area (TPSA) is 47.0 Å². The molecule has 21 heavy (non-hydrogen) atoms. The highest BCUT2D eigenvalue weighted by Gasteiger charge is 2.24. The highest BCUT2D eigenvalue weighted by atomic mass is 16.3. The Balaban J connectivity index is 2.36. The molecule has 0 aromatic carbocycles. The summed E-state index contributed by atoms with van der Waals surface area (Å²) in [7, 11) is 3.92. The van der Waals surface area contributed by atoms with Crippen molar-refractivity contribution in [3.8, 4) is 0 Å². The average molecular weight is 299 g/mol. The smallest absolute Gasteiger partial charge is 0.225 e. The molecule has 0 spiro atoms. The number of piperazine rings is 1. The molecular weight excluding hydrogens is 266 g/mol. The Morgan fingerprint density at radius 1 is 1.24 bits per heavy atom. The number of nitrogens with zero attached hydrogens (tertiary/aromatic N) is 3. The number of rotatable bonds is 7. The van der Waals surface area contributed by atoms with E-state index < -0.39 is 6.10 Å².